The van der Waals surface area contributed by atoms with Gasteiger partial charge in [-0.3, -0.25) is 4.90 Å². The summed E-state index contributed by atoms with van der Waals surface area (Å²) in [6, 6.07) is 14.7. The minimum absolute atomic E-state index is 0.0478. The molecule has 1 unspecified atom stereocenters. The summed E-state index contributed by atoms with van der Waals surface area (Å²) in [5, 5.41) is 19.9. The Morgan fingerprint density at radius 2 is 2.06 bits per heavy atom. The molecule has 3 heterocycles. The van der Waals surface area contributed by atoms with Crippen molar-refractivity contribution in [2.75, 3.05) is 12.0 Å². The number of thiophene rings is 1. The van der Waals surface area contributed by atoms with Crippen molar-refractivity contribution in [1.82, 2.24) is 15.5 Å². The molecule has 0 aliphatic carbocycles. The highest BCUT2D eigenvalue weighted by atomic mass is 35.5. The number of nitrogens with one attached hydrogen (secondary N) is 1. The maximum absolute atomic E-state index is 13.3. The van der Waals surface area contributed by atoms with Crippen LogP contribution in [0.3, 0.4) is 0 Å². The Kier molecular flexibility index (Phi) is 5.72. The fourth-order valence-corrected chi connectivity index (χ4v) is 4.76. The van der Waals surface area contributed by atoms with Gasteiger partial charge in [0.25, 0.3) is 5.89 Å². The first kappa shape index (κ1) is 22.0. The quantitative estimate of drug-likeness (QED) is 0.360. The molecule has 0 fully saturated rings. The van der Waals surface area contributed by atoms with Crippen LogP contribution in [0.5, 0.6) is 11.5 Å². The van der Waals surface area contributed by atoms with E-state index in [1.165, 1.54) is 23.3 Å². The van der Waals surface area contributed by atoms with Crippen molar-refractivity contribution in [2.24, 2.45) is 0 Å². The molecule has 0 saturated carbocycles. The fourth-order valence-electron chi connectivity index (χ4n) is 3.92. The largest absolute Gasteiger partial charge is 0.504 e. The monoisotopic (exact) mass is 494 g/mol. The number of aromatic nitrogens is 2. The van der Waals surface area contributed by atoms with E-state index in [1.807, 2.05) is 17.5 Å². The van der Waals surface area contributed by atoms with Gasteiger partial charge in [-0.15, -0.1) is 11.3 Å². The number of rotatable bonds is 5. The van der Waals surface area contributed by atoms with Crippen LogP contribution in [0.4, 0.5) is 10.5 Å². The zero-order chi connectivity index (χ0) is 23.8. The minimum Gasteiger partial charge on any atom is -0.504 e. The topological polar surface area (TPSA) is 101 Å². The fraction of sp³-hybridized carbons (Fsp3) is 0.125. The predicted octanol–water partition coefficient (Wildman–Crippen LogP) is 5.87. The molecule has 4 aromatic rings. The molecule has 10 heteroatoms. The molecule has 0 radical (unpaired) electrons. The number of carbonyl (C=O) groups is 1. The summed E-state index contributed by atoms with van der Waals surface area (Å²) in [4.78, 5) is 20.2. The lowest BCUT2D eigenvalue weighted by Gasteiger charge is -2.35. The molecule has 5 rings (SSSR count). The van der Waals surface area contributed by atoms with Crippen LogP contribution in [0.15, 0.2) is 70.2 Å². The maximum atomic E-state index is 13.3. The van der Waals surface area contributed by atoms with Crippen LogP contribution in [0.1, 0.15) is 24.4 Å². The molecule has 2 aromatic heterocycles. The molecule has 2 amide bonds. The van der Waals surface area contributed by atoms with E-state index in [0.29, 0.717) is 39.1 Å². The maximum Gasteiger partial charge on any atom is 0.326 e. The van der Waals surface area contributed by atoms with Crippen LogP contribution >= 0.6 is 22.9 Å². The number of carbonyl (C=O) groups excluding carboxylic acids is 1. The zero-order valence-electron chi connectivity index (χ0n) is 18.2. The Morgan fingerprint density at radius 1 is 1.21 bits per heavy atom. The highest BCUT2D eigenvalue weighted by Crippen LogP contribution is 2.41. The summed E-state index contributed by atoms with van der Waals surface area (Å²) in [7, 11) is 1.47. The number of phenols is 1. The molecule has 1 atom stereocenters. The van der Waals surface area contributed by atoms with E-state index in [9.17, 15) is 9.90 Å². The molecular weight excluding hydrogens is 476 g/mol. The predicted molar refractivity (Wildman–Crippen MR) is 130 cm³/mol. The van der Waals surface area contributed by atoms with E-state index >= 15 is 0 Å². The molecule has 0 saturated heterocycles. The van der Waals surface area contributed by atoms with E-state index in [-0.39, 0.29) is 17.7 Å². The van der Waals surface area contributed by atoms with Crippen LogP contribution in [-0.2, 0) is 0 Å². The second kappa shape index (κ2) is 8.85. The van der Waals surface area contributed by atoms with E-state index in [0.717, 1.165) is 4.88 Å². The van der Waals surface area contributed by atoms with Gasteiger partial charge in [-0.2, -0.15) is 4.98 Å². The van der Waals surface area contributed by atoms with E-state index in [2.05, 4.69) is 15.5 Å². The molecule has 0 bridgehead atoms. The highest BCUT2D eigenvalue weighted by molar-refractivity contribution is 7.13. The lowest BCUT2D eigenvalue weighted by Crippen LogP contribution is -2.46. The number of hydrogen-bond donors (Lipinski definition) is 2. The normalized spacial score (nSPS) is 16.0. The molecule has 1 aliphatic heterocycles. The van der Waals surface area contributed by atoms with Crippen molar-refractivity contribution in [1.29, 1.82) is 0 Å². The van der Waals surface area contributed by atoms with Crippen LogP contribution in [0.2, 0.25) is 5.02 Å². The third-order valence-electron chi connectivity index (χ3n) is 5.49. The summed E-state index contributed by atoms with van der Waals surface area (Å²) >= 11 is 7.69. The van der Waals surface area contributed by atoms with Gasteiger partial charge >= 0.3 is 6.03 Å². The third-order valence-corrected chi connectivity index (χ3v) is 6.59. The van der Waals surface area contributed by atoms with Crippen LogP contribution in [-0.4, -0.2) is 28.4 Å². The number of halogens is 1. The lowest BCUT2D eigenvalue weighted by atomic mass is 9.94. The third kappa shape index (κ3) is 3.89. The Labute approximate surface area is 204 Å². The molecular formula is C24H19ClN4O4S. The molecule has 2 aromatic carbocycles. The highest BCUT2D eigenvalue weighted by Gasteiger charge is 2.37. The molecule has 1 aliphatic rings. The Hall–Kier alpha value is -3.82. The van der Waals surface area contributed by atoms with Crippen molar-refractivity contribution in [3.8, 4) is 22.2 Å². The van der Waals surface area contributed by atoms with Gasteiger partial charge in [0.1, 0.15) is 0 Å². The van der Waals surface area contributed by atoms with Gasteiger partial charge in [0.05, 0.1) is 29.3 Å². The van der Waals surface area contributed by atoms with Crippen molar-refractivity contribution in [3.63, 3.8) is 0 Å². The second-order valence-electron chi connectivity index (χ2n) is 7.53. The zero-order valence-corrected chi connectivity index (χ0v) is 19.7. The van der Waals surface area contributed by atoms with Crippen LogP contribution < -0.4 is 15.0 Å². The summed E-state index contributed by atoms with van der Waals surface area (Å²) in [5.74, 6) is 0.987. The molecule has 8 nitrogen and oxygen atoms in total. The summed E-state index contributed by atoms with van der Waals surface area (Å²) in [5.41, 5.74) is 2.41. The van der Waals surface area contributed by atoms with E-state index in [4.69, 9.17) is 20.9 Å². The summed E-state index contributed by atoms with van der Waals surface area (Å²) in [6.07, 6.45) is 0. The number of phenolic OH excluding ortho intramolecular Hbond substituents is 1. The number of allylic oxidation sites excluding steroid dienone is 1. The molecule has 34 heavy (non-hydrogen) atoms. The minimum atomic E-state index is -0.656. The number of nitrogens with zero attached hydrogens (tertiary/aromatic N) is 3. The standard InChI is InChI=1S/C24H19ClN4O4S/c1-13-20(23-27-22(28-33-23)19-7-4-10-34-19)21(14-8-9-18(32-2)17(30)11-14)26-24(31)29(13)16-6-3-5-15(25)12-16/h3-12,21,30H,1-2H3,(H,26,31). The van der Waals surface area contributed by atoms with E-state index < -0.39 is 6.04 Å². The Bertz CT molecular complexity index is 1400. The average Bonchev–Trinajstić information content (AvgIpc) is 3.51. The lowest BCUT2D eigenvalue weighted by molar-refractivity contribution is 0.244. The number of aromatic hydroxyl groups is 1. The number of methoxy groups -OCH3 is 1. The molecule has 2 N–H and O–H groups in total. The van der Waals surface area contributed by atoms with Crippen LogP contribution in [0, 0.1) is 0 Å². The summed E-state index contributed by atoms with van der Waals surface area (Å²) in [6.45, 7) is 1.81. The number of anilines is 1. The van der Waals surface area contributed by atoms with Crippen molar-refractivity contribution < 1.29 is 19.2 Å². The first-order chi connectivity index (χ1) is 16.5. The number of urea groups is 1. The van der Waals surface area contributed by atoms with E-state index in [1.54, 1.807) is 49.4 Å². The van der Waals surface area contributed by atoms with Crippen molar-refractivity contribution >= 4 is 40.2 Å². The number of ether oxygens (including phenoxy) is 1. The van der Waals surface area contributed by atoms with Gasteiger partial charge in [-0.1, -0.05) is 35.0 Å². The van der Waals surface area contributed by atoms with Crippen molar-refractivity contribution in [3.05, 3.63) is 82.2 Å². The SMILES string of the molecule is COc1ccc(C2NC(=O)N(c3cccc(Cl)c3)C(C)=C2c2nc(-c3cccs3)no2)cc1O. The second-order valence-corrected chi connectivity index (χ2v) is 8.91. The van der Waals surface area contributed by atoms with Gasteiger partial charge in [0.15, 0.2) is 11.5 Å². The molecule has 0 spiro atoms. The smallest absolute Gasteiger partial charge is 0.326 e. The van der Waals surface area contributed by atoms with Gasteiger partial charge in [-0.25, -0.2) is 4.79 Å². The van der Waals surface area contributed by atoms with Gasteiger partial charge in [0.2, 0.25) is 5.82 Å². The number of amides is 2. The van der Waals surface area contributed by atoms with Gasteiger partial charge < -0.3 is 19.7 Å². The molecule has 172 valence electrons. The van der Waals surface area contributed by atoms with Crippen LogP contribution in [0.25, 0.3) is 16.3 Å². The van der Waals surface area contributed by atoms with Gasteiger partial charge in [0, 0.05) is 10.7 Å². The van der Waals surface area contributed by atoms with Crippen molar-refractivity contribution in [2.45, 2.75) is 13.0 Å². The first-order valence-electron chi connectivity index (χ1n) is 10.3. The Balaban J connectivity index is 1.67. The average molecular weight is 495 g/mol. The summed E-state index contributed by atoms with van der Waals surface area (Å²) < 4.78 is 10.8. The number of hydrogen-bond acceptors (Lipinski definition) is 7. The Morgan fingerprint density at radius 3 is 2.76 bits per heavy atom. The first-order valence-corrected chi connectivity index (χ1v) is 11.5. The number of benzene rings is 2. The van der Waals surface area contributed by atoms with Gasteiger partial charge in [-0.05, 0) is 54.3 Å².